The first-order chi connectivity index (χ1) is 15.5. The average molecular weight is 433 g/mol. The summed E-state index contributed by atoms with van der Waals surface area (Å²) in [6, 6.07) is 6.67. The molecule has 0 aromatic carbocycles. The highest BCUT2D eigenvalue weighted by molar-refractivity contribution is 5.98. The van der Waals surface area contributed by atoms with Gasteiger partial charge in [0.2, 0.25) is 0 Å². The molecule has 0 radical (unpaired) electrons. The fourth-order valence-electron chi connectivity index (χ4n) is 4.72. The molecule has 3 aromatic rings. The van der Waals surface area contributed by atoms with Gasteiger partial charge in [0.05, 0.1) is 11.6 Å². The zero-order valence-electron chi connectivity index (χ0n) is 18.0. The summed E-state index contributed by atoms with van der Waals surface area (Å²) >= 11 is 0. The van der Waals surface area contributed by atoms with Crippen LogP contribution in [-0.4, -0.2) is 49.4 Å². The van der Waals surface area contributed by atoms with E-state index in [1.165, 1.54) is 6.07 Å². The Kier molecular flexibility index (Phi) is 5.28. The SMILES string of the molecule is Cc1cnc(OC2CC3CCC2N(C(=O)c2nc(C)ccc2-c2ncccn2)C3)c(F)c1. The van der Waals surface area contributed by atoms with Gasteiger partial charge in [-0.25, -0.2) is 24.3 Å². The van der Waals surface area contributed by atoms with Crippen molar-refractivity contribution >= 4 is 5.91 Å². The molecule has 6 rings (SSSR count). The smallest absolute Gasteiger partial charge is 0.273 e. The maximum absolute atomic E-state index is 14.4. The Balaban J connectivity index is 1.45. The Morgan fingerprint density at radius 2 is 1.97 bits per heavy atom. The highest BCUT2D eigenvalue weighted by atomic mass is 19.1. The number of amides is 1. The van der Waals surface area contributed by atoms with Crippen LogP contribution < -0.4 is 4.74 Å². The lowest BCUT2D eigenvalue weighted by molar-refractivity contribution is -0.0328. The van der Waals surface area contributed by atoms with Crippen molar-refractivity contribution in [1.29, 1.82) is 0 Å². The van der Waals surface area contributed by atoms with Gasteiger partial charge >= 0.3 is 0 Å². The molecule has 3 unspecified atom stereocenters. The summed E-state index contributed by atoms with van der Waals surface area (Å²) < 4.78 is 20.4. The van der Waals surface area contributed by atoms with Gasteiger partial charge in [-0.3, -0.25) is 4.79 Å². The minimum atomic E-state index is -0.479. The minimum Gasteiger partial charge on any atom is -0.470 e. The van der Waals surface area contributed by atoms with Crippen molar-refractivity contribution in [3.63, 3.8) is 0 Å². The number of rotatable bonds is 4. The van der Waals surface area contributed by atoms with Gasteiger partial charge in [0.25, 0.3) is 11.8 Å². The van der Waals surface area contributed by atoms with E-state index in [1.807, 2.05) is 24.0 Å². The van der Waals surface area contributed by atoms with Crippen LogP contribution in [0.4, 0.5) is 4.39 Å². The van der Waals surface area contributed by atoms with Crippen LogP contribution in [0, 0.1) is 25.6 Å². The number of halogens is 1. The van der Waals surface area contributed by atoms with E-state index in [0.717, 1.165) is 30.5 Å². The van der Waals surface area contributed by atoms with Crippen molar-refractivity contribution in [3.05, 3.63) is 65.6 Å². The van der Waals surface area contributed by atoms with Crippen molar-refractivity contribution in [3.8, 4) is 17.3 Å². The van der Waals surface area contributed by atoms with Gasteiger partial charge < -0.3 is 9.64 Å². The van der Waals surface area contributed by atoms with Crippen molar-refractivity contribution < 1.29 is 13.9 Å². The lowest BCUT2D eigenvalue weighted by atomic mass is 9.77. The zero-order valence-corrected chi connectivity index (χ0v) is 18.0. The molecule has 2 saturated heterocycles. The standard InChI is InChI=1S/C24H24FN5O2/c1-14-10-18(25)23(28-12-14)32-20-11-16-5-7-19(20)30(13-16)24(31)21-17(6-4-15(2)29-21)22-26-8-3-9-27-22/h3-4,6,8-10,12,16,19-20H,5,7,11,13H2,1-2H3. The van der Waals surface area contributed by atoms with Crippen LogP contribution >= 0.6 is 0 Å². The third-order valence-electron chi connectivity index (χ3n) is 6.23. The molecular weight excluding hydrogens is 409 g/mol. The summed E-state index contributed by atoms with van der Waals surface area (Å²) in [7, 11) is 0. The number of aromatic nitrogens is 4. The summed E-state index contributed by atoms with van der Waals surface area (Å²) in [6.45, 7) is 4.27. The molecule has 1 saturated carbocycles. The quantitative estimate of drug-likeness (QED) is 0.623. The maximum Gasteiger partial charge on any atom is 0.273 e. The molecule has 3 fully saturated rings. The van der Waals surface area contributed by atoms with E-state index >= 15 is 0 Å². The fraction of sp³-hybridized carbons (Fsp3) is 0.375. The number of aryl methyl sites for hydroxylation is 2. The van der Waals surface area contributed by atoms with Gasteiger partial charge in [0.1, 0.15) is 11.8 Å². The van der Waals surface area contributed by atoms with Crippen molar-refractivity contribution in [1.82, 2.24) is 24.8 Å². The highest BCUT2D eigenvalue weighted by Crippen LogP contribution is 2.38. The molecule has 3 atom stereocenters. The number of hydrogen-bond acceptors (Lipinski definition) is 6. The summed E-state index contributed by atoms with van der Waals surface area (Å²) in [4.78, 5) is 32.8. The molecule has 0 spiro atoms. The van der Waals surface area contributed by atoms with Crippen LogP contribution in [0.2, 0.25) is 0 Å². The van der Waals surface area contributed by atoms with Gasteiger partial charge in [-0.2, -0.15) is 0 Å². The minimum absolute atomic E-state index is 0.00685. The number of piperidine rings is 2. The lowest BCUT2D eigenvalue weighted by Gasteiger charge is -2.49. The monoisotopic (exact) mass is 433 g/mol. The van der Waals surface area contributed by atoms with Crippen molar-refractivity contribution in [2.45, 2.75) is 45.3 Å². The normalized spacial score (nSPS) is 22.1. The molecule has 164 valence electrons. The Labute approximate surface area is 185 Å². The predicted octanol–water partition coefficient (Wildman–Crippen LogP) is 3.76. The lowest BCUT2D eigenvalue weighted by Crippen LogP contribution is -2.59. The van der Waals surface area contributed by atoms with E-state index in [2.05, 4.69) is 19.9 Å². The number of nitrogens with zero attached hydrogens (tertiary/aromatic N) is 5. The van der Waals surface area contributed by atoms with Gasteiger partial charge in [-0.15, -0.1) is 0 Å². The van der Waals surface area contributed by atoms with E-state index in [9.17, 15) is 9.18 Å². The van der Waals surface area contributed by atoms with E-state index in [1.54, 1.807) is 31.6 Å². The van der Waals surface area contributed by atoms with Gasteiger partial charge in [-0.05, 0) is 68.9 Å². The second-order valence-corrected chi connectivity index (χ2v) is 8.58. The van der Waals surface area contributed by atoms with Crippen molar-refractivity contribution in [2.24, 2.45) is 5.92 Å². The molecular formula is C24H24FN5O2. The van der Waals surface area contributed by atoms with Gasteiger partial charge in [-0.1, -0.05) is 0 Å². The number of hydrogen-bond donors (Lipinski definition) is 0. The topological polar surface area (TPSA) is 81.1 Å². The first-order valence-corrected chi connectivity index (χ1v) is 10.8. The largest absolute Gasteiger partial charge is 0.470 e. The van der Waals surface area contributed by atoms with E-state index in [4.69, 9.17) is 4.74 Å². The summed E-state index contributed by atoms with van der Waals surface area (Å²) in [5.74, 6) is 0.102. The molecule has 0 N–H and O–H groups in total. The van der Waals surface area contributed by atoms with Gasteiger partial charge in [0.15, 0.2) is 11.6 Å². The summed E-state index contributed by atoms with van der Waals surface area (Å²) in [5.41, 5.74) is 2.42. The molecule has 3 aliphatic rings. The van der Waals surface area contributed by atoms with Crippen LogP contribution in [0.15, 0.2) is 42.9 Å². The first kappa shape index (κ1) is 20.5. The van der Waals surface area contributed by atoms with Gasteiger partial charge in [0, 0.05) is 30.8 Å². The van der Waals surface area contributed by atoms with Crippen LogP contribution in [0.5, 0.6) is 5.88 Å². The Bertz CT molecular complexity index is 1160. The van der Waals surface area contributed by atoms with E-state index < -0.39 is 5.82 Å². The van der Waals surface area contributed by atoms with Crippen LogP contribution in [-0.2, 0) is 0 Å². The number of pyridine rings is 2. The second-order valence-electron chi connectivity index (χ2n) is 8.58. The molecule has 8 heteroatoms. The zero-order chi connectivity index (χ0) is 22.2. The molecule has 3 aromatic heterocycles. The maximum atomic E-state index is 14.4. The fourth-order valence-corrected chi connectivity index (χ4v) is 4.72. The Morgan fingerprint density at radius 1 is 1.16 bits per heavy atom. The molecule has 7 nitrogen and oxygen atoms in total. The number of fused-ring (bicyclic) bond motifs is 3. The van der Waals surface area contributed by atoms with E-state index in [-0.39, 0.29) is 23.9 Å². The molecule has 1 aliphatic carbocycles. The molecule has 2 bridgehead atoms. The third kappa shape index (κ3) is 3.81. The predicted molar refractivity (Wildman–Crippen MR) is 116 cm³/mol. The second kappa shape index (κ2) is 8.26. The van der Waals surface area contributed by atoms with E-state index in [0.29, 0.717) is 29.5 Å². The molecule has 2 aliphatic heterocycles. The molecule has 5 heterocycles. The highest BCUT2D eigenvalue weighted by Gasteiger charge is 2.45. The molecule has 1 amide bonds. The number of ether oxygens (including phenoxy) is 1. The third-order valence-corrected chi connectivity index (χ3v) is 6.23. The number of carbonyl (C=O) groups is 1. The summed E-state index contributed by atoms with van der Waals surface area (Å²) in [6.07, 6.45) is 7.17. The summed E-state index contributed by atoms with van der Waals surface area (Å²) in [5, 5.41) is 0. The van der Waals surface area contributed by atoms with Crippen LogP contribution in [0.3, 0.4) is 0 Å². The Hall–Kier alpha value is -3.42. The van der Waals surface area contributed by atoms with Crippen LogP contribution in [0.25, 0.3) is 11.4 Å². The first-order valence-electron chi connectivity index (χ1n) is 10.8. The van der Waals surface area contributed by atoms with Crippen LogP contribution in [0.1, 0.15) is 41.0 Å². The average Bonchev–Trinajstić information content (AvgIpc) is 2.81. The number of carbonyl (C=O) groups excluding carboxylic acids is 1. The van der Waals surface area contributed by atoms with Crippen molar-refractivity contribution in [2.75, 3.05) is 6.54 Å². The Morgan fingerprint density at radius 3 is 2.72 bits per heavy atom. The molecule has 32 heavy (non-hydrogen) atoms.